The summed E-state index contributed by atoms with van der Waals surface area (Å²) in [5, 5.41) is 10.0. The third kappa shape index (κ3) is 4.22. The van der Waals surface area contributed by atoms with Crippen molar-refractivity contribution < 1.29 is 22.7 Å². The SMILES string of the molecule is CN(C)S(=O)(=O)c1cc2c(cc1OCCN1CCOCC1)C(C)(C)c1[nH]c3cc(C#N)ccc3c1C2=O. The molecule has 0 amide bonds. The Labute approximate surface area is 216 Å². The maximum Gasteiger partial charge on any atom is 0.246 e. The van der Waals surface area contributed by atoms with E-state index >= 15 is 0 Å². The first-order valence-electron chi connectivity index (χ1n) is 12.2. The molecule has 0 bridgehead atoms. The van der Waals surface area contributed by atoms with Crippen LogP contribution >= 0.6 is 0 Å². The molecule has 0 spiro atoms. The number of ketones is 1. The number of morpholine rings is 1. The van der Waals surface area contributed by atoms with Crippen LogP contribution in [0.1, 0.15) is 46.6 Å². The zero-order chi connectivity index (χ0) is 26.5. The topological polar surface area (TPSA) is 116 Å². The van der Waals surface area contributed by atoms with Gasteiger partial charge in [0.15, 0.2) is 5.78 Å². The lowest BCUT2D eigenvalue weighted by Gasteiger charge is -2.33. The molecule has 2 heterocycles. The van der Waals surface area contributed by atoms with Gasteiger partial charge < -0.3 is 14.5 Å². The maximum absolute atomic E-state index is 13.9. The monoisotopic (exact) mass is 522 g/mol. The molecule has 1 saturated heterocycles. The van der Waals surface area contributed by atoms with Crippen LogP contribution in [0.2, 0.25) is 0 Å². The zero-order valence-electron chi connectivity index (χ0n) is 21.4. The van der Waals surface area contributed by atoms with E-state index in [2.05, 4.69) is 16.0 Å². The summed E-state index contributed by atoms with van der Waals surface area (Å²) in [5.41, 5.74) is 2.81. The minimum atomic E-state index is -3.89. The van der Waals surface area contributed by atoms with Crippen LogP contribution in [-0.4, -0.2) is 81.9 Å². The van der Waals surface area contributed by atoms with Crippen LogP contribution in [0.5, 0.6) is 5.75 Å². The minimum Gasteiger partial charge on any atom is -0.491 e. The number of nitrogens with zero attached hydrogens (tertiary/aromatic N) is 3. The van der Waals surface area contributed by atoms with Crippen LogP contribution in [0.4, 0.5) is 0 Å². The highest BCUT2D eigenvalue weighted by atomic mass is 32.2. The third-order valence-electron chi connectivity index (χ3n) is 7.31. The number of rotatable bonds is 6. The van der Waals surface area contributed by atoms with E-state index in [4.69, 9.17) is 9.47 Å². The number of carbonyl (C=O) groups is 1. The van der Waals surface area contributed by atoms with Crippen molar-refractivity contribution in [2.24, 2.45) is 0 Å². The van der Waals surface area contributed by atoms with Gasteiger partial charge in [0.1, 0.15) is 17.3 Å². The molecule has 0 saturated carbocycles. The average Bonchev–Trinajstić information content (AvgIpc) is 3.28. The van der Waals surface area contributed by atoms with Crippen molar-refractivity contribution in [3.8, 4) is 11.8 Å². The first-order chi connectivity index (χ1) is 17.6. The average molecular weight is 523 g/mol. The smallest absolute Gasteiger partial charge is 0.246 e. The summed E-state index contributed by atoms with van der Waals surface area (Å²) in [5.74, 6) is -0.0248. The quantitative estimate of drug-likeness (QED) is 0.529. The maximum atomic E-state index is 13.9. The van der Waals surface area contributed by atoms with E-state index in [1.807, 2.05) is 13.8 Å². The van der Waals surface area contributed by atoms with Crippen molar-refractivity contribution in [2.45, 2.75) is 24.2 Å². The van der Waals surface area contributed by atoms with Crippen molar-refractivity contribution in [1.82, 2.24) is 14.2 Å². The number of nitriles is 1. The lowest BCUT2D eigenvalue weighted by atomic mass is 9.71. The van der Waals surface area contributed by atoms with E-state index in [0.29, 0.717) is 59.5 Å². The highest BCUT2D eigenvalue weighted by molar-refractivity contribution is 7.89. The van der Waals surface area contributed by atoms with Crippen molar-refractivity contribution in [2.75, 3.05) is 53.6 Å². The lowest BCUT2D eigenvalue weighted by Crippen LogP contribution is -2.38. The van der Waals surface area contributed by atoms with E-state index in [-0.39, 0.29) is 16.4 Å². The predicted molar refractivity (Wildman–Crippen MR) is 139 cm³/mol. The van der Waals surface area contributed by atoms with Crippen LogP contribution in [0, 0.1) is 11.3 Å². The number of hydrogen-bond donors (Lipinski definition) is 1. The van der Waals surface area contributed by atoms with E-state index in [0.717, 1.165) is 23.1 Å². The Balaban J connectivity index is 1.62. The first-order valence-corrected chi connectivity index (χ1v) is 13.6. The number of nitrogens with one attached hydrogen (secondary N) is 1. The summed E-state index contributed by atoms with van der Waals surface area (Å²) in [6.45, 7) is 7.86. The molecule has 0 unspecified atom stereocenters. The summed E-state index contributed by atoms with van der Waals surface area (Å²) < 4.78 is 39.3. The summed E-state index contributed by atoms with van der Waals surface area (Å²) in [6, 6.07) is 10.5. The summed E-state index contributed by atoms with van der Waals surface area (Å²) in [7, 11) is -0.972. The number of sulfonamides is 1. The number of H-pyrrole nitrogens is 1. The molecule has 5 rings (SSSR count). The number of hydrogen-bond acceptors (Lipinski definition) is 7. The molecular formula is C27H30N4O5S. The van der Waals surface area contributed by atoms with Crippen molar-refractivity contribution >= 4 is 26.7 Å². The van der Waals surface area contributed by atoms with Gasteiger partial charge in [-0.25, -0.2) is 12.7 Å². The summed E-state index contributed by atoms with van der Waals surface area (Å²) >= 11 is 0. The second-order valence-corrected chi connectivity index (χ2v) is 12.3. The highest BCUT2D eigenvalue weighted by Gasteiger charge is 2.41. The van der Waals surface area contributed by atoms with E-state index in [1.54, 1.807) is 24.3 Å². The first kappa shape index (κ1) is 25.4. The van der Waals surface area contributed by atoms with Gasteiger partial charge in [0.2, 0.25) is 10.0 Å². The van der Waals surface area contributed by atoms with Gasteiger partial charge in [-0.2, -0.15) is 5.26 Å². The van der Waals surface area contributed by atoms with Crippen LogP contribution in [0.3, 0.4) is 0 Å². The Morgan fingerprint density at radius 1 is 1.19 bits per heavy atom. The van der Waals surface area contributed by atoms with Gasteiger partial charge in [-0.15, -0.1) is 0 Å². The van der Waals surface area contributed by atoms with Gasteiger partial charge in [-0.05, 0) is 29.8 Å². The Morgan fingerprint density at radius 2 is 1.92 bits per heavy atom. The molecule has 0 atom stereocenters. The predicted octanol–water partition coefficient (Wildman–Crippen LogP) is 2.87. The standard InChI is InChI=1S/C27H30N4O5S/c1-27(2)20-15-22(36-12-9-31-7-10-35-11-8-31)23(37(33,34)30(3)4)14-19(20)25(32)24-18-6-5-17(16-28)13-21(18)29-26(24)27/h5-6,13-15,29H,7-12H2,1-4H3. The number of aromatic amines is 1. The van der Waals surface area contributed by atoms with E-state index in [1.165, 1.54) is 20.2 Å². The fraction of sp³-hybridized carbons (Fsp3) is 0.407. The van der Waals surface area contributed by atoms with Crippen molar-refractivity contribution in [1.29, 1.82) is 5.26 Å². The number of ether oxygens (including phenoxy) is 2. The van der Waals surface area contributed by atoms with Gasteiger partial charge in [-0.3, -0.25) is 9.69 Å². The van der Waals surface area contributed by atoms with Crippen molar-refractivity contribution in [3.05, 3.63) is 58.3 Å². The number of fused-ring (bicyclic) bond motifs is 4. The van der Waals surface area contributed by atoms with Crippen LogP contribution in [0.15, 0.2) is 35.2 Å². The molecule has 1 aliphatic carbocycles. The molecule has 10 heteroatoms. The molecule has 1 aliphatic heterocycles. The van der Waals surface area contributed by atoms with Crippen LogP contribution in [0.25, 0.3) is 10.9 Å². The summed E-state index contributed by atoms with van der Waals surface area (Å²) in [4.78, 5) is 19.4. The van der Waals surface area contributed by atoms with E-state index in [9.17, 15) is 18.5 Å². The number of carbonyl (C=O) groups excluding carboxylic acids is 1. The van der Waals surface area contributed by atoms with Crippen molar-refractivity contribution in [3.63, 3.8) is 0 Å². The third-order valence-corrected chi connectivity index (χ3v) is 9.15. The molecule has 2 aromatic carbocycles. The molecule has 2 aliphatic rings. The molecule has 1 aromatic heterocycles. The molecule has 194 valence electrons. The molecular weight excluding hydrogens is 492 g/mol. The van der Waals surface area contributed by atoms with Gasteiger partial charge in [-0.1, -0.05) is 19.9 Å². The normalized spacial score (nSPS) is 17.5. The van der Waals surface area contributed by atoms with Crippen LogP contribution < -0.4 is 4.74 Å². The van der Waals surface area contributed by atoms with E-state index < -0.39 is 15.4 Å². The van der Waals surface area contributed by atoms with Gasteiger partial charge in [0.05, 0.1) is 30.4 Å². The van der Waals surface area contributed by atoms with Gasteiger partial charge >= 0.3 is 0 Å². The fourth-order valence-corrected chi connectivity index (χ4v) is 6.16. The Hall–Kier alpha value is -3.23. The zero-order valence-corrected chi connectivity index (χ0v) is 22.2. The molecule has 1 fully saturated rings. The minimum absolute atomic E-state index is 0.0302. The molecule has 3 aromatic rings. The van der Waals surface area contributed by atoms with Crippen LogP contribution in [-0.2, 0) is 20.2 Å². The Bertz CT molecular complexity index is 1540. The molecule has 0 radical (unpaired) electrons. The molecule has 37 heavy (non-hydrogen) atoms. The van der Waals surface area contributed by atoms with Gasteiger partial charge in [0.25, 0.3) is 0 Å². The summed E-state index contributed by atoms with van der Waals surface area (Å²) in [6.07, 6.45) is 0. The molecule has 9 nitrogen and oxygen atoms in total. The van der Waals surface area contributed by atoms with Gasteiger partial charge in [0, 0.05) is 61.3 Å². The fourth-order valence-electron chi connectivity index (χ4n) is 5.13. The second-order valence-electron chi connectivity index (χ2n) is 10.1. The highest BCUT2D eigenvalue weighted by Crippen LogP contribution is 2.46. The molecule has 1 N–H and O–H groups in total. The Kier molecular flexibility index (Phi) is 6.36. The number of benzene rings is 2. The second kappa shape index (κ2) is 9.26. The Morgan fingerprint density at radius 3 is 2.59 bits per heavy atom. The number of aromatic nitrogens is 1. The largest absolute Gasteiger partial charge is 0.491 e. The lowest BCUT2D eigenvalue weighted by molar-refractivity contribution is 0.0321.